The number of hydrogen-bond acceptors (Lipinski definition) is 5. The van der Waals surface area contributed by atoms with E-state index in [0.29, 0.717) is 11.3 Å². The SMILES string of the molecule is COC(=O)c1cn(C)nc1COC(=O)N(C)C. The van der Waals surface area contributed by atoms with E-state index < -0.39 is 12.1 Å². The second-order valence-electron chi connectivity index (χ2n) is 3.60. The molecule has 17 heavy (non-hydrogen) atoms. The second kappa shape index (κ2) is 5.33. The van der Waals surface area contributed by atoms with E-state index in [1.165, 1.54) is 22.9 Å². The van der Waals surface area contributed by atoms with Gasteiger partial charge in [0.25, 0.3) is 0 Å². The molecule has 7 nitrogen and oxygen atoms in total. The average Bonchev–Trinajstić information content (AvgIpc) is 2.66. The molecule has 0 radical (unpaired) electrons. The van der Waals surface area contributed by atoms with Crippen LogP contribution >= 0.6 is 0 Å². The summed E-state index contributed by atoms with van der Waals surface area (Å²) in [6.07, 6.45) is 1.02. The van der Waals surface area contributed by atoms with Crippen molar-refractivity contribution in [3.63, 3.8) is 0 Å². The third kappa shape index (κ3) is 3.20. The highest BCUT2D eigenvalue weighted by molar-refractivity contribution is 5.90. The summed E-state index contributed by atoms with van der Waals surface area (Å²) in [7, 11) is 6.10. The molecule has 0 saturated heterocycles. The van der Waals surface area contributed by atoms with Gasteiger partial charge >= 0.3 is 12.1 Å². The summed E-state index contributed by atoms with van der Waals surface area (Å²) in [5.74, 6) is -0.506. The minimum absolute atomic E-state index is 0.0672. The van der Waals surface area contributed by atoms with Gasteiger partial charge in [0.05, 0.1) is 7.11 Å². The van der Waals surface area contributed by atoms with Crippen LogP contribution in [-0.2, 0) is 23.1 Å². The Morgan fingerprint density at radius 1 is 1.47 bits per heavy atom. The van der Waals surface area contributed by atoms with E-state index in [-0.39, 0.29) is 6.61 Å². The number of amides is 1. The van der Waals surface area contributed by atoms with Crippen molar-refractivity contribution in [3.8, 4) is 0 Å². The predicted molar refractivity (Wildman–Crippen MR) is 58.4 cm³/mol. The van der Waals surface area contributed by atoms with E-state index in [4.69, 9.17) is 4.74 Å². The normalized spacial score (nSPS) is 9.88. The van der Waals surface area contributed by atoms with Crippen LogP contribution in [0.4, 0.5) is 4.79 Å². The number of nitrogens with zero attached hydrogens (tertiary/aromatic N) is 3. The molecule has 0 atom stereocenters. The van der Waals surface area contributed by atoms with Crippen LogP contribution in [-0.4, -0.2) is 47.9 Å². The summed E-state index contributed by atoms with van der Waals surface area (Å²) in [4.78, 5) is 23.9. The molecule has 0 aliphatic carbocycles. The minimum atomic E-state index is -0.506. The number of rotatable bonds is 3. The van der Waals surface area contributed by atoms with Crippen LogP contribution in [0.2, 0.25) is 0 Å². The molecule has 1 rings (SSSR count). The zero-order chi connectivity index (χ0) is 13.0. The number of hydrogen-bond donors (Lipinski definition) is 0. The van der Waals surface area contributed by atoms with Gasteiger partial charge in [0.1, 0.15) is 17.9 Å². The van der Waals surface area contributed by atoms with Gasteiger partial charge in [-0.05, 0) is 0 Å². The van der Waals surface area contributed by atoms with Crippen LogP contribution in [0.1, 0.15) is 16.1 Å². The van der Waals surface area contributed by atoms with E-state index in [1.807, 2.05) is 0 Å². The van der Waals surface area contributed by atoms with Crippen molar-refractivity contribution in [2.24, 2.45) is 7.05 Å². The van der Waals surface area contributed by atoms with Gasteiger partial charge in [-0.15, -0.1) is 0 Å². The van der Waals surface area contributed by atoms with Crippen LogP contribution in [0, 0.1) is 0 Å². The van der Waals surface area contributed by atoms with E-state index in [2.05, 4.69) is 9.84 Å². The first-order valence-corrected chi connectivity index (χ1v) is 4.90. The van der Waals surface area contributed by atoms with Crippen LogP contribution in [0.25, 0.3) is 0 Å². The Hall–Kier alpha value is -2.05. The number of carbonyl (C=O) groups is 2. The van der Waals surface area contributed by atoms with Gasteiger partial charge in [0.15, 0.2) is 0 Å². The van der Waals surface area contributed by atoms with Gasteiger partial charge in [0.2, 0.25) is 0 Å². The lowest BCUT2D eigenvalue weighted by Crippen LogP contribution is -2.23. The first-order chi connectivity index (χ1) is 7.95. The summed E-state index contributed by atoms with van der Waals surface area (Å²) in [5, 5.41) is 4.03. The van der Waals surface area contributed by atoms with Crippen LogP contribution < -0.4 is 0 Å². The quantitative estimate of drug-likeness (QED) is 0.716. The number of aryl methyl sites for hydroxylation is 1. The Bertz CT molecular complexity index is 425. The fourth-order valence-corrected chi connectivity index (χ4v) is 1.18. The topological polar surface area (TPSA) is 73.7 Å². The van der Waals surface area contributed by atoms with Gasteiger partial charge < -0.3 is 14.4 Å². The fraction of sp³-hybridized carbons (Fsp3) is 0.500. The third-order valence-electron chi connectivity index (χ3n) is 2.01. The molecule has 0 aliphatic rings. The molecule has 1 amide bonds. The van der Waals surface area contributed by atoms with Crippen LogP contribution in [0.15, 0.2) is 6.20 Å². The zero-order valence-corrected chi connectivity index (χ0v) is 10.3. The molecule has 94 valence electrons. The van der Waals surface area contributed by atoms with Crippen LogP contribution in [0.5, 0.6) is 0 Å². The van der Waals surface area contributed by atoms with E-state index in [9.17, 15) is 9.59 Å². The monoisotopic (exact) mass is 241 g/mol. The van der Waals surface area contributed by atoms with Crippen molar-refractivity contribution in [2.45, 2.75) is 6.61 Å². The molecule has 0 bridgehead atoms. The van der Waals surface area contributed by atoms with Gasteiger partial charge in [-0.25, -0.2) is 9.59 Å². The maximum Gasteiger partial charge on any atom is 0.409 e. The number of carbonyl (C=O) groups excluding carboxylic acids is 2. The van der Waals surface area contributed by atoms with Crippen molar-refractivity contribution in [3.05, 3.63) is 17.5 Å². The van der Waals surface area contributed by atoms with Crippen LogP contribution in [0.3, 0.4) is 0 Å². The number of esters is 1. The fourth-order valence-electron chi connectivity index (χ4n) is 1.18. The maximum atomic E-state index is 11.4. The molecule has 0 unspecified atom stereocenters. The van der Waals surface area contributed by atoms with Gasteiger partial charge in [-0.3, -0.25) is 4.68 Å². The predicted octanol–water partition coefficient (Wildman–Crippen LogP) is 0.405. The van der Waals surface area contributed by atoms with E-state index >= 15 is 0 Å². The molecule has 0 saturated carbocycles. The average molecular weight is 241 g/mol. The zero-order valence-electron chi connectivity index (χ0n) is 10.3. The number of ether oxygens (including phenoxy) is 2. The highest BCUT2D eigenvalue weighted by atomic mass is 16.6. The highest BCUT2D eigenvalue weighted by Crippen LogP contribution is 2.09. The standard InChI is InChI=1S/C10H15N3O4/c1-12(2)10(15)17-6-8-7(9(14)16-4)5-13(3)11-8/h5H,6H2,1-4H3. The summed E-state index contributed by atoms with van der Waals surface area (Å²) in [6, 6.07) is 0. The Morgan fingerprint density at radius 2 is 2.12 bits per heavy atom. The molecule has 1 aromatic rings. The molecule has 0 spiro atoms. The maximum absolute atomic E-state index is 11.4. The lowest BCUT2D eigenvalue weighted by Gasteiger charge is -2.10. The Balaban J connectivity index is 2.77. The minimum Gasteiger partial charge on any atom is -0.465 e. The summed E-state index contributed by atoms with van der Waals surface area (Å²) < 4.78 is 11.0. The molecule has 1 aromatic heterocycles. The van der Waals surface area contributed by atoms with Crippen molar-refractivity contribution in [1.82, 2.24) is 14.7 Å². The Morgan fingerprint density at radius 3 is 2.65 bits per heavy atom. The van der Waals surface area contributed by atoms with E-state index in [1.54, 1.807) is 21.1 Å². The Labute approximate surface area is 98.9 Å². The highest BCUT2D eigenvalue weighted by Gasteiger charge is 2.17. The summed E-state index contributed by atoms with van der Waals surface area (Å²) in [5.41, 5.74) is 0.663. The van der Waals surface area contributed by atoms with Crippen molar-refractivity contribution in [2.75, 3.05) is 21.2 Å². The molecular weight excluding hydrogens is 226 g/mol. The van der Waals surface area contributed by atoms with Gasteiger partial charge in [-0.2, -0.15) is 5.10 Å². The molecule has 0 aliphatic heterocycles. The first-order valence-electron chi connectivity index (χ1n) is 4.90. The van der Waals surface area contributed by atoms with E-state index in [0.717, 1.165) is 0 Å². The first kappa shape index (κ1) is 13.0. The number of methoxy groups -OCH3 is 1. The molecule has 0 aromatic carbocycles. The molecular formula is C10H15N3O4. The third-order valence-corrected chi connectivity index (χ3v) is 2.01. The summed E-state index contributed by atoms with van der Waals surface area (Å²) in [6.45, 7) is -0.0672. The lowest BCUT2D eigenvalue weighted by atomic mass is 10.2. The van der Waals surface area contributed by atoms with Crippen molar-refractivity contribution in [1.29, 1.82) is 0 Å². The van der Waals surface area contributed by atoms with Crippen molar-refractivity contribution < 1.29 is 19.1 Å². The van der Waals surface area contributed by atoms with Gasteiger partial charge in [-0.1, -0.05) is 0 Å². The molecule has 0 fully saturated rings. The molecule has 7 heteroatoms. The number of aromatic nitrogens is 2. The lowest BCUT2D eigenvalue weighted by molar-refractivity contribution is 0.0593. The van der Waals surface area contributed by atoms with Gasteiger partial charge in [0, 0.05) is 27.3 Å². The molecule has 0 N–H and O–H groups in total. The smallest absolute Gasteiger partial charge is 0.409 e. The Kier molecular flexibility index (Phi) is 4.08. The second-order valence-corrected chi connectivity index (χ2v) is 3.60. The van der Waals surface area contributed by atoms with Crippen molar-refractivity contribution >= 4 is 12.1 Å². The summed E-state index contributed by atoms with van der Waals surface area (Å²) >= 11 is 0. The largest absolute Gasteiger partial charge is 0.465 e. The molecule has 1 heterocycles.